The Hall–Kier alpha value is -7.72. The van der Waals surface area contributed by atoms with Crippen molar-refractivity contribution in [2.75, 3.05) is 11.1 Å². The van der Waals surface area contributed by atoms with Crippen LogP contribution in [0.4, 0.5) is 17.1 Å². The van der Waals surface area contributed by atoms with Crippen molar-refractivity contribution in [3.63, 3.8) is 0 Å². The minimum Gasteiger partial charge on any atom is -0.399 e. The van der Waals surface area contributed by atoms with Gasteiger partial charge in [-0.15, -0.1) is 0 Å². The molecule has 0 unspecified atom stereocenters. The van der Waals surface area contributed by atoms with E-state index in [0.29, 0.717) is 0 Å². The Balaban J connectivity index is 0.000000135. The van der Waals surface area contributed by atoms with Crippen molar-refractivity contribution in [3.8, 4) is 22.3 Å². The van der Waals surface area contributed by atoms with Crippen LogP contribution in [-0.2, 0) is 10.8 Å². The minimum atomic E-state index is -0.358. The lowest BCUT2D eigenvalue weighted by Gasteiger charge is -2.34. The van der Waals surface area contributed by atoms with Gasteiger partial charge in [-0.1, -0.05) is 234 Å². The Kier molecular flexibility index (Phi) is 11.5. The molecule has 10 aromatic carbocycles. The van der Waals surface area contributed by atoms with Crippen molar-refractivity contribution in [2.45, 2.75) is 10.8 Å². The smallest absolute Gasteiger partial charge is 0.0714 e. The van der Waals surface area contributed by atoms with Gasteiger partial charge in [-0.05, 0) is 115 Å². The number of nitrogens with two attached hydrogens (primary N) is 1. The second-order valence-electron chi connectivity index (χ2n) is 16.4. The molecule has 0 heterocycles. The summed E-state index contributed by atoms with van der Waals surface area (Å²) in [6.07, 6.45) is 0. The molecule has 0 radical (unpaired) electrons. The van der Waals surface area contributed by atoms with Crippen LogP contribution >= 0.6 is 15.9 Å². The Bertz CT molecular complexity index is 3110. The first-order valence-electron chi connectivity index (χ1n) is 22.1. The lowest BCUT2D eigenvalue weighted by molar-refractivity contribution is 0.768. The zero-order valence-corrected chi connectivity index (χ0v) is 37.4. The fraction of sp³-hybridized carbons (Fsp3) is 0.0323. The Morgan fingerprint density at radius 1 is 0.292 bits per heavy atom. The Labute approximate surface area is 390 Å². The zero-order chi connectivity index (χ0) is 44.1. The van der Waals surface area contributed by atoms with Crippen LogP contribution < -0.4 is 11.1 Å². The van der Waals surface area contributed by atoms with E-state index in [1.54, 1.807) is 0 Å². The lowest BCUT2D eigenvalue weighted by Crippen LogP contribution is -2.28. The van der Waals surface area contributed by atoms with E-state index >= 15 is 0 Å². The third-order valence-electron chi connectivity index (χ3n) is 12.7. The molecule has 0 fully saturated rings. The van der Waals surface area contributed by atoms with Crippen LogP contribution in [0.1, 0.15) is 44.5 Å². The SMILES string of the molecule is Brc1cccc(C2(c3ccccc3)c3ccccc3-c3ccccc32)c1.Nc1ccccc1.c1ccc(Nc2cccc(C3(c4ccccc4)c4ccccc4-c4ccccc43)c2)cc1. The number of nitrogen functional groups attached to an aromatic ring is 1. The van der Waals surface area contributed by atoms with Crippen LogP contribution in [0, 0.1) is 0 Å². The van der Waals surface area contributed by atoms with Gasteiger partial charge in [-0.2, -0.15) is 0 Å². The summed E-state index contributed by atoms with van der Waals surface area (Å²) in [5.74, 6) is 0. The first kappa shape index (κ1) is 41.3. The average molecular weight is 900 g/mol. The topological polar surface area (TPSA) is 38.0 Å². The molecular formula is C62H47BrN2. The molecule has 2 aliphatic carbocycles. The van der Waals surface area contributed by atoms with Crippen molar-refractivity contribution >= 4 is 33.0 Å². The molecule has 65 heavy (non-hydrogen) atoms. The number of hydrogen-bond donors (Lipinski definition) is 2. The van der Waals surface area contributed by atoms with E-state index in [2.05, 4.69) is 252 Å². The highest BCUT2D eigenvalue weighted by Crippen LogP contribution is 2.57. The summed E-state index contributed by atoms with van der Waals surface area (Å²) >= 11 is 3.69. The standard InChI is InChI=1S/C31H23N.C25H17Br.C6H7N/c1-3-12-23(13-4-1)31(24-14-11-17-26(22-24)32-25-15-5-2-6-16-25)29-20-9-7-18-27(29)28-19-8-10-21-30(28)31;26-20-12-8-11-19(17-20)25(18-9-2-1-3-10-18)23-15-6-4-13-21(23)22-14-5-7-16-24(22)25;7-6-4-2-1-3-5-6/h1-22,32H;1-17H;1-5H,7H2. The zero-order valence-electron chi connectivity index (χ0n) is 35.9. The second kappa shape index (κ2) is 18.2. The van der Waals surface area contributed by atoms with E-state index in [9.17, 15) is 0 Å². The maximum absolute atomic E-state index is 5.36. The molecule has 12 rings (SSSR count). The number of nitrogens with one attached hydrogen (secondary N) is 1. The van der Waals surface area contributed by atoms with Crippen LogP contribution in [0.5, 0.6) is 0 Å². The number of fused-ring (bicyclic) bond motifs is 6. The van der Waals surface area contributed by atoms with Crippen molar-refractivity contribution in [3.05, 3.63) is 316 Å². The molecule has 2 nitrogen and oxygen atoms in total. The highest BCUT2D eigenvalue weighted by Gasteiger charge is 2.47. The molecule has 0 saturated carbocycles. The van der Waals surface area contributed by atoms with Gasteiger partial charge >= 0.3 is 0 Å². The molecule has 2 aliphatic rings. The molecule has 0 spiro atoms. The van der Waals surface area contributed by atoms with Gasteiger partial charge in [0.1, 0.15) is 0 Å². The van der Waals surface area contributed by atoms with Gasteiger partial charge < -0.3 is 11.1 Å². The van der Waals surface area contributed by atoms with E-state index in [0.717, 1.165) is 21.5 Å². The molecule has 0 saturated heterocycles. The fourth-order valence-electron chi connectivity index (χ4n) is 10.1. The minimum absolute atomic E-state index is 0.293. The molecule has 3 N–H and O–H groups in total. The largest absolute Gasteiger partial charge is 0.399 e. The summed E-state index contributed by atoms with van der Waals surface area (Å²) in [4.78, 5) is 0. The Morgan fingerprint density at radius 2 is 0.615 bits per heavy atom. The number of para-hydroxylation sites is 2. The van der Waals surface area contributed by atoms with Crippen LogP contribution in [0.25, 0.3) is 22.3 Å². The third-order valence-corrected chi connectivity index (χ3v) is 13.2. The molecule has 3 heteroatoms. The quantitative estimate of drug-likeness (QED) is 0.163. The molecular weight excluding hydrogens is 853 g/mol. The first-order chi connectivity index (χ1) is 32.1. The molecule has 0 atom stereocenters. The van der Waals surface area contributed by atoms with E-state index in [1.165, 1.54) is 66.8 Å². The van der Waals surface area contributed by atoms with Gasteiger partial charge in [0.05, 0.1) is 10.8 Å². The molecule has 0 amide bonds. The van der Waals surface area contributed by atoms with E-state index < -0.39 is 0 Å². The van der Waals surface area contributed by atoms with Crippen molar-refractivity contribution in [2.24, 2.45) is 0 Å². The molecule has 0 aliphatic heterocycles. The monoisotopic (exact) mass is 898 g/mol. The van der Waals surface area contributed by atoms with E-state index in [-0.39, 0.29) is 10.8 Å². The van der Waals surface area contributed by atoms with Gasteiger partial charge in [0.2, 0.25) is 0 Å². The summed E-state index contributed by atoms with van der Waals surface area (Å²) in [5, 5.41) is 3.58. The van der Waals surface area contributed by atoms with Crippen LogP contribution in [-0.4, -0.2) is 0 Å². The van der Waals surface area contributed by atoms with Gasteiger partial charge in [-0.3, -0.25) is 0 Å². The lowest BCUT2D eigenvalue weighted by atomic mass is 9.67. The van der Waals surface area contributed by atoms with Gasteiger partial charge in [-0.25, -0.2) is 0 Å². The predicted octanol–water partition coefficient (Wildman–Crippen LogP) is 15.9. The molecule has 10 aromatic rings. The van der Waals surface area contributed by atoms with Gasteiger partial charge in [0.15, 0.2) is 0 Å². The van der Waals surface area contributed by atoms with E-state index in [4.69, 9.17) is 5.73 Å². The highest BCUT2D eigenvalue weighted by atomic mass is 79.9. The summed E-state index contributed by atoms with van der Waals surface area (Å²) in [6, 6.07) is 94.5. The summed E-state index contributed by atoms with van der Waals surface area (Å²) in [7, 11) is 0. The van der Waals surface area contributed by atoms with Crippen LogP contribution in [0.15, 0.2) is 271 Å². The molecule has 0 bridgehead atoms. The van der Waals surface area contributed by atoms with Gasteiger partial charge in [0.25, 0.3) is 0 Å². The number of rotatable bonds is 6. The van der Waals surface area contributed by atoms with Crippen molar-refractivity contribution < 1.29 is 0 Å². The van der Waals surface area contributed by atoms with Crippen LogP contribution in [0.3, 0.4) is 0 Å². The summed E-state index contributed by atoms with van der Waals surface area (Å²) < 4.78 is 1.10. The molecule has 0 aromatic heterocycles. The van der Waals surface area contributed by atoms with Crippen LogP contribution in [0.2, 0.25) is 0 Å². The first-order valence-corrected chi connectivity index (χ1v) is 22.9. The van der Waals surface area contributed by atoms with Crippen molar-refractivity contribution in [1.82, 2.24) is 0 Å². The molecule has 312 valence electrons. The predicted molar refractivity (Wildman–Crippen MR) is 276 cm³/mol. The van der Waals surface area contributed by atoms with Crippen molar-refractivity contribution in [1.29, 1.82) is 0 Å². The number of anilines is 3. The normalized spacial score (nSPS) is 13.0. The third kappa shape index (κ3) is 7.54. The van der Waals surface area contributed by atoms with Gasteiger partial charge in [0, 0.05) is 21.5 Å². The van der Waals surface area contributed by atoms with E-state index in [1.807, 2.05) is 36.4 Å². The Morgan fingerprint density at radius 3 is 1.02 bits per heavy atom. The summed E-state index contributed by atoms with van der Waals surface area (Å²) in [5.41, 5.74) is 23.5. The number of halogens is 1. The number of hydrogen-bond acceptors (Lipinski definition) is 2. The summed E-state index contributed by atoms with van der Waals surface area (Å²) in [6.45, 7) is 0. The fourth-order valence-corrected chi connectivity index (χ4v) is 10.5. The highest BCUT2D eigenvalue weighted by molar-refractivity contribution is 9.10. The number of benzene rings is 10. The second-order valence-corrected chi connectivity index (χ2v) is 17.3. The maximum atomic E-state index is 5.36. The average Bonchev–Trinajstić information content (AvgIpc) is 3.85. The maximum Gasteiger partial charge on any atom is 0.0714 e.